The van der Waals surface area contributed by atoms with Crippen molar-refractivity contribution in [1.29, 1.82) is 0 Å². The van der Waals surface area contributed by atoms with Gasteiger partial charge in [0.25, 0.3) is 0 Å². The average molecular weight is 292 g/mol. The first-order chi connectivity index (χ1) is 10.6. The van der Waals surface area contributed by atoms with Crippen molar-refractivity contribution in [2.75, 3.05) is 7.11 Å². The van der Waals surface area contributed by atoms with Gasteiger partial charge in [0.05, 0.1) is 24.3 Å². The topological polar surface area (TPSA) is 47.3 Å². The number of nitrogens with zero attached hydrogens (tertiary/aromatic N) is 2. The molecule has 0 aliphatic heterocycles. The van der Waals surface area contributed by atoms with Crippen LogP contribution in [0.3, 0.4) is 0 Å². The highest BCUT2D eigenvalue weighted by Gasteiger charge is 2.15. The molecule has 0 radical (unpaired) electrons. The molecule has 0 unspecified atom stereocenters. The Hall–Kier alpha value is -2.75. The van der Waals surface area contributed by atoms with Crippen molar-refractivity contribution in [2.45, 2.75) is 13.8 Å². The highest BCUT2D eigenvalue weighted by atomic mass is 16.5. The molecule has 4 nitrogen and oxygen atoms in total. The summed E-state index contributed by atoms with van der Waals surface area (Å²) in [5.74, 6) is 0.823. The first-order valence-electron chi connectivity index (χ1n) is 7.17. The van der Waals surface area contributed by atoms with Crippen LogP contribution in [0.2, 0.25) is 0 Å². The van der Waals surface area contributed by atoms with Crippen LogP contribution in [-0.4, -0.2) is 22.0 Å². The number of rotatable bonds is 1. The number of hydrogen-bond donors (Lipinski definition) is 1. The van der Waals surface area contributed by atoms with Gasteiger partial charge >= 0.3 is 0 Å². The Morgan fingerprint density at radius 2 is 1.86 bits per heavy atom. The minimum Gasteiger partial charge on any atom is -0.497 e. The van der Waals surface area contributed by atoms with Gasteiger partial charge in [-0.2, -0.15) is 0 Å². The zero-order chi connectivity index (χ0) is 15.4. The Balaban J connectivity index is 2.28. The van der Waals surface area contributed by atoms with Gasteiger partial charge in [-0.15, -0.1) is 0 Å². The summed E-state index contributed by atoms with van der Waals surface area (Å²) < 4.78 is 6.44. The SMILES string of the molecule is COc1ccc2nc3c(C)c4ccn(O)cc4c(C)c3c2c1. The largest absolute Gasteiger partial charge is 0.497 e. The molecule has 22 heavy (non-hydrogen) atoms. The fraction of sp³-hybridized carbons (Fsp3) is 0.167. The molecule has 2 heterocycles. The Labute approximate surface area is 127 Å². The van der Waals surface area contributed by atoms with E-state index in [2.05, 4.69) is 13.8 Å². The van der Waals surface area contributed by atoms with E-state index < -0.39 is 0 Å². The molecule has 0 fully saturated rings. The van der Waals surface area contributed by atoms with Crippen molar-refractivity contribution >= 4 is 32.6 Å². The first kappa shape index (κ1) is 13.0. The molecule has 0 amide bonds. The summed E-state index contributed by atoms with van der Waals surface area (Å²) in [6.45, 7) is 4.15. The van der Waals surface area contributed by atoms with Crippen LogP contribution in [0, 0.1) is 13.8 Å². The van der Waals surface area contributed by atoms with Crippen LogP contribution < -0.4 is 4.74 Å². The van der Waals surface area contributed by atoms with Crippen molar-refractivity contribution in [1.82, 2.24) is 9.71 Å². The van der Waals surface area contributed by atoms with Crippen LogP contribution in [0.4, 0.5) is 0 Å². The van der Waals surface area contributed by atoms with Gasteiger partial charge in [0.1, 0.15) is 5.75 Å². The molecule has 110 valence electrons. The molecule has 0 aliphatic rings. The fourth-order valence-corrected chi connectivity index (χ4v) is 3.27. The maximum atomic E-state index is 9.74. The lowest BCUT2D eigenvalue weighted by molar-refractivity contribution is 0.186. The Morgan fingerprint density at radius 3 is 2.64 bits per heavy atom. The number of aryl methyl sites for hydroxylation is 2. The molecular weight excluding hydrogens is 276 g/mol. The van der Waals surface area contributed by atoms with E-state index in [1.54, 1.807) is 19.5 Å². The minimum atomic E-state index is 0.823. The third-order valence-corrected chi connectivity index (χ3v) is 4.43. The summed E-state index contributed by atoms with van der Waals surface area (Å²) in [5.41, 5.74) is 4.24. The average Bonchev–Trinajstić information content (AvgIpc) is 2.91. The molecule has 0 aliphatic carbocycles. The van der Waals surface area contributed by atoms with Crippen LogP contribution >= 0.6 is 0 Å². The van der Waals surface area contributed by atoms with Gasteiger partial charge in [0.2, 0.25) is 0 Å². The predicted octanol–water partition coefficient (Wildman–Crippen LogP) is 4.21. The molecule has 2 aromatic heterocycles. The molecule has 0 saturated heterocycles. The number of methoxy groups -OCH3 is 1. The lowest BCUT2D eigenvalue weighted by atomic mass is 9.97. The zero-order valence-electron chi connectivity index (χ0n) is 12.7. The van der Waals surface area contributed by atoms with Crippen LogP contribution in [0.25, 0.3) is 32.6 Å². The number of fused-ring (bicyclic) bond motifs is 4. The van der Waals surface area contributed by atoms with Gasteiger partial charge in [-0.05, 0) is 54.6 Å². The summed E-state index contributed by atoms with van der Waals surface area (Å²) in [6, 6.07) is 7.88. The molecule has 4 rings (SSSR count). The van der Waals surface area contributed by atoms with E-state index in [-0.39, 0.29) is 0 Å². The highest BCUT2D eigenvalue weighted by molar-refractivity contribution is 6.16. The summed E-state index contributed by atoms with van der Waals surface area (Å²) in [6.07, 6.45) is 3.39. The number of pyridine rings is 1. The minimum absolute atomic E-state index is 0.823. The van der Waals surface area contributed by atoms with E-state index in [0.717, 1.165) is 54.2 Å². The maximum Gasteiger partial charge on any atom is 0.119 e. The van der Waals surface area contributed by atoms with Crippen molar-refractivity contribution in [3.63, 3.8) is 0 Å². The molecule has 0 spiro atoms. The fourth-order valence-electron chi connectivity index (χ4n) is 3.27. The predicted molar refractivity (Wildman–Crippen MR) is 88.0 cm³/mol. The van der Waals surface area contributed by atoms with Crippen molar-refractivity contribution in [3.05, 3.63) is 47.8 Å². The smallest absolute Gasteiger partial charge is 0.119 e. The van der Waals surface area contributed by atoms with E-state index in [4.69, 9.17) is 9.72 Å². The van der Waals surface area contributed by atoms with E-state index in [0.29, 0.717) is 0 Å². The summed E-state index contributed by atoms with van der Waals surface area (Å²) >= 11 is 0. The van der Waals surface area contributed by atoms with Crippen LogP contribution in [0.15, 0.2) is 36.7 Å². The quantitative estimate of drug-likeness (QED) is 0.535. The first-order valence-corrected chi connectivity index (χ1v) is 7.17. The second-order valence-electron chi connectivity index (χ2n) is 5.62. The summed E-state index contributed by atoms with van der Waals surface area (Å²) in [7, 11) is 1.67. The molecule has 0 bridgehead atoms. The molecule has 0 atom stereocenters. The Bertz CT molecular complexity index is 1050. The third kappa shape index (κ3) is 1.61. The molecule has 0 saturated carbocycles. The number of benzene rings is 2. The van der Waals surface area contributed by atoms with Gasteiger partial charge < -0.3 is 9.94 Å². The third-order valence-electron chi connectivity index (χ3n) is 4.43. The van der Waals surface area contributed by atoms with E-state index >= 15 is 0 Å². The number of hydrogen-bond acceptors (Lipinski definition) is 3. The molecule has 4 aromatic rings. The Kier molecular flexibility index (Phi) is 2.57. The van der Waals surface area contributed by atoms with Gasteiger partial charge in [-0.3, -0.25) is 0 Å². The standard InChI is InChI=1S/C18H16N2O2/c1-10-15-9-20(21)7-6-13(15)11(2)18-17(10)14-8-12(22-3)4-5-16(14)19-18/h4-9,21H,1-3H3. The van der Waals surface area contributed by atoms with Crippen LogP contribution in [0.5, 0.6) is 5.75 Å². The lowest BCUT2D eigenvalue weighted by Gasteiger charge is -2.10. The van der Waals surface area contributed by atoms with E-state index in [9.17, 15) is 5.21 Å². The maximum absolute atomic E-state index is 9.74. The molecule has 2 aromatic carbocycles. The summed E-state index contributed by atoms with van der Waals surface area (Å²) in [4.78, 5) is 4.80. The molecular formula is C18H16N2O2. The van der Waals surface area contributed by atoms with Gasteiger partial charge in [-0.25, -0.2) is 9.71 Å². The van der Waals surface area contributed by atoms with Gasteiger partial charge in [0.15, 0.2) is 0 Å². The van der Waals surface area contributed by atoms with E-state index in [1.165, 1.54) is 0 Å². The highest BCUT2D eigenvalue weighted by Crippen LogP contribution is 2.37. The van der Waals surface area contributed by atoms with E-state index in [1.807, 2.05) is 24.3 Å². The van der Waals surface area contributed by atoms with Gasteiger partial charge in [-0.1, -0.05) is 0 Å². The van der Waals surface area contributed by atoms with Crippen LogP contribution in [0.1, 0.15) is 11.1 Å². The molecule has 1 N–H and O–H groups in total. The second kappa shape index (κ2) is 4.37. The molecule has 4 heteroatoms. The lowest BCUT2D eigenvalue weighted by Crippen LogP contribution is -1.94. The van der Waals surface area contributed by atoms with Crippen LogP contribution in [-0.2, 0) is 0 Å². The van der Waals surface area contributed by atoms with Crippen molar-refractivity contribution in [2.24, 2.45) is 0 Å². The zero-order valence-corrected chi connectivity index (χ0v) is 12.7. The number of aromatic nitrogens is 2. The van der Waals surface area contributed by atoms with Crippen molar-refractivity contribution in [3.8, 4) is 5.75 Å². The summed E-state index contributed by atoms with van der Waals surface area (Å²) in [5, 5.41) is 14.1. The van der Waals surface area contributed by atoms with Gasteiger partial charge in [0, 0.05) is 22.4 Å². The normalized spacial score (nSPS) is 11.6. The monoisotopic (exact) mass is 292 g/mol. The Morgan fingerprint density at radius 1 is 1.05 bits per heavy atom. The second-order valence-corrected chi connectivity index (χ2v) is 5.62. The number of ether oxygens (including phenoxy) is 1. The van der Waals surface area contributed by atoms with Crippen molar-refractivity contribution < 1.29 is 9.94 Å².